The third-order valence-electron chi connectivity index (χ3n) is 1.92. The second kappa shape index (κ2) is 5.69. The Morgan fingerprint density at radius 2 is 2.06 bits per heavy atom. The van der Waals surface area contributed by atoms with Gasteiger partial charge in [-0.1, -0.05) is 11.6 Å². The van der Waals surface area contributed by atoms with Gasteiger partial charge in [0.05, 0.1) is 22.7 Å². The topological polar surface area (TPSA) is 107 Å². The van der Waals surface area contributed by atoms with Gasteiger partial charge in [-0.15, -0.1) is 0 Å². The first kappa shape index (κ1) is 12.8. The van der Waals surface area contributed by atoms with E-state index in [2.05, 4.69) is 4.98 Å². The molecule has 0 radical (unpaired) electrons. The number of nitriles is 2. The van der Waals surface area contributed by atoms with Gasteiger partial charge in [0.25, 0.3) is 5.91 Å². The van der Waals surface area contributed by atoms with Crippen molar-refractivity contribution in [2.24, 2.45) is 0 Å². The number of rotatable bonds is 3. The molecule has 7 heteroatoms. The third-order valence-corrected chi connectivity index (χ3v) is 2.22. The number of amides is 1. The molecule has 0 aliphatic rings. The van der Waals surface area contributed by atoms with E-state index in [0.29, 0.717) is 0 Å². The lowest BCUT2D eigenvalue weighted by molar-refractivity contribution is 0.0795. The summed E-state index contributed by atoms with van der Waals surface area (Å²) in [6.45, 7) is -0.379. The fraction of sp³-hybridized carbons (Fsp3) is 0.200. The smallest absolute Gasteiger partial charge is 0.257 e. The third kappa shape index (κ3) is 3.07. The largest absolute Gasteiger partial charge is 0.384 e. The van der Waals surface area contributed by atoms with Crippen LogP contribution in [-0.4, -0.2) is 28.9 Å². The molecule has 1 aromatic rings. The van der Waals surface area contributed by atoms with Gasteiger partial charge in [-0.2, -0.15) is 10.5 Å². The van der Waals surface area contributed by atoms with Crippen molar-refractivity contribution in [2.75, 3.05) is 18.8 Å². The summed E-state index contributed by atoms with van der Waals surface area (Å²) in [5.41, 5.74) is 5.57. The first-order chi connectivity index (χ1) is 8.10. The standard InChI is InChI=1S/C10H8ClN5O/c11-8-6-15-9(14)5-7(8)10(17)16(3-1-12)4-2-13/h5-6H,3-4H2,(H2,14,15). The summed E-state index contributed by atoms with van der Waals surface area (Å²) in [5, 5.41) is 17.2. The van der Waals surface area contributed by atoms with Crippen LogP contribution < -0.4 is 5.73 Å². The van der Waals surface area contributed by atoms with Crippen LogP contribution in [-0.2, 0) is 0 Å². The molecular formula is C10H8ClN5O. The summed E-state index contributed by atoms with van der Waals surface area (Å²) >= 11 is 5.80. The van der Waals surface area contributed by atoms with Gasteiger partial charge in [0.1, 0.15) is 18.9 Å². The van der Waals surface area contributed by atoms with Crippen LogP contribution in [0.2, 0.25) is 5.02 Å². The number of nitrogens with two attached hydrogens (primary N) is 1. The lowest BCUT2D eigenvalue weighted by Crippen LogP contribution is -2.32. The Hall–Kier alpha value is -2.31. The second-order valence-corrected chi connectivity index (χ2v) is 3.47. The SMILES string of the molecule is N#CCN(CC#N)C(=O)c1cc(N)ncc1Cl. The van der Waals surface area contributed by atoms with E-state index in [1.165, 1.54) is 12.3 Å². The van der Waals surface area contributed by atoms with E-state index in [1.807, 2.05) is 0 Å². The Balaban J connectivity index is 3.06. The molecule has 86 valence electrons. The van der Waals surface area contributed by atoms with Gasteiger partial charge >= 0.3 is 0 Å². The van der Waals surface area contributed by atoms with Crippen LogP contribution in [0.25, 0.3) is 0 Å². The van der Waals surface area contributed by atoms with Crippen molar-refractivity contribution < 1.29 is 4.79 Å². The predicted octanol–water partition coefficient (Wildman–Crippen LogP) is 0.807. The van der Waals surface area contributed by atoms with Crippen LogP contribution in [0.15, 0.2) is 12.3 Å². The van der Waals surface area contributed by atoms with Crippen molar-refractivity contribution in [1.82, 2.24) is 9.88 Å². The van der Waals surface area contributed by atoms with Crippen molar-refractivity contribution in [1.29, 1.82) is 10.5 Å². The predicted molar refractivity (Wildman–Crippen MR) is 60.8 cm³/mol. The van der Waals surface area contributed by atoms with E-state index < -0.39 is 5.91 Å². The number of carbonyl (C=O) groups excluding carboxylic acids is 1. The summed E-state index contributed by atoms with van der Waals surface area (Å²) in [5.74, 6) is -0.376. The fourth-order valence-corrected chi connectivity index (χ4v) is 1.34. The van der Waals surface area contributed by atoms with Crippen LogP contribution in [0, 0.1) is 22.7 Å². The van der Waals surface area contributed by atoms with Crippen LogP contribution in [0.3, 0.4) is 0 Å². The molecule has 1 amide bonds. The normalized spacial score (nSPS) is 9.12. The molecule has 1 aromatic heterocycles. The van der Waals surface area contributed by atoms with Gasteiger partial charge in [0.15, 0.2) is 0 Å². The molecular weight excluding hydrogens is 242 g/mol. The minimum absolute atomic E-state index is 0.129. The summed E-state index contributed by atoms with van der Waals surface area (Å²) < 4.78 is 0. The first-order valence-corrected chi connectivity index (χ1v) is 4.92. The maximum Gasteiger partial charge on any atom is 0.257 e. The van der Waals surface area contributed by atoms with E-state index in [4.69, 9.17) is 27.9 Å². The highest BCUT2D eigenvalue weighted by Crippen LogP contribution is 2.18. The van der Waals surface area contributed by atoms with Crippen LogP contribution in [0.5, 0.6) is 0 Å². The molecule has 0 aliphatic carbocycles. The van der Waals surface area contributed by atoms with Gasteiger partial charge in [0, 0.05) is 6.20 Å². The van der Waals surface area contributed by atoms with Crippen LogP contribution in [0.1, 0.15) is 10.4 Å². The Kier molecular flexibility index (Phi) is 4.27. The van der Waals surface area contributed by atoms with Gasteiger partial charge in [-0.3, -0.25) is 4.79 Å². The van der Waals surface area contributed by atoms with Gasteiger partial charge < -0.3 is 10.6 Å². The molecule has 0 aliphatic heterocycles. The van der Waals surface area contributed by atoms with Crippen molar-refractivity contribution in [3.05, 3.63) is 22.8 Å². The molecule has 2 N–H and O–H groups in total. The maximum absolute atomic E-state index is 12.0. The highest BCUT2D eigenvalue weighted by Gasteiger charge is 2.18. The average molecular weight is 250 g/mol. The molecule has 0 unspecified atom stereocenters. The van der Waals surface area contributed by atoms with E-state index in [0.717, 1.165) is 4.90 Å². The maximum atomic E-state index is 12.0. The molecule has 17 heavy (non-hydrogen) atoms. The van der Waals surface area contributed by atoms with Crippen LogP contribution >= 0.6 is 11.6 Å². The fourth-order valence-electron chi connectivity index (χ4n) is 1.16. The quantitative estimate of drug-likeness (QED) is 0.798. The molecule has 1 heterocycles. The molecule has 0 aromatic carbocycles. The number of nitrogen functional groups attached to an aromatic ring is 1. The summed E-state index contributed by atoms with van der Waals surface area (Å²) in [4.78, 5) is 16.7. The lowest BCUT2D eigenvalue weighted by atomic mass is 10.2. The molecule has 6 nitrogen and oxygen atoms in total. The van der Waals surface area contributed by atoms with E-state index in [-0.39, 0.29) is 29.5 Å². The van der Waals surface area contributed by atoms with Crippen molar-refractivity contribution in [2.45, 2.75) is 0 Å². The molecule has 1 rings (SSSR count). The lowest BCUT2D eigenvalue weighted by Gasteiger charge is -2.16. The number of halogens is 1. The molecule has 0 saturated heterocycles. The number of hydrogen-bond acceptors (Lipinski definition) is 5. The number of anilines is 1. The summed E-state index contributed by atoms with van der Waals surface area (Å²) in [6.07, 6.45) is 1.25. The van der Waals surface area contributed by atoms with Crippen molar-refractivity contribution >= 4 is 23.3 Å². The Morgan fingerprint density at radius 3 is 2.59 bits per heavy atom. The molecule has 0 bridgehead atoms. The zero-order valence-electron chi connectivity index (χ0n) is 8.72. The van der Waals surface area contributed by atoms with E-state index in [1.54, 1.807) is 12.1 Å². The minimum Gasteiger partial charge on any atom is -0.384 e. The van der Waals surface area contributed by atoms with Crippen molar-refractivity contribution in [3.8, 4) is 12.1 Å². The number of carbonyl (C=O) groups is 1. The number of aromatic nitrogens is 1. The average Bonchev–Trinajstić information content (AvgIpc) is 2.31. The summed E-state index contributed by atoms with van der Waals surface area (Å²) in [7, 11) is 0. The second-order valence-electron chi connectivity index (χ2n) is 3.07. The zero-order chi connectivity index (χ0) is 12.8. The minimum atomic E-state index is -0.521. The van der Waals surface area contributed by atoms with Gasteiger partial charge in [-0.25, -0.2) is 4.98 Å². The number of hydrogen-bond donors (Lipinski definition) is 1. The number of pyridine rings is 1. The molecule has 0 atom stereocenters. The Morgan fingerprint density at radius 1 is 1.47 bits per heavy atom. The monoisotopic (exact) mass is 249 g/mol. The summed E-state index contributed by atoms with van der Waals surface area (Å²) in [6, 6.07) is 4.91. The first-order valence-electron chi connectivity index (χ1n) is 4.54. The van der Waals surface area contributed by atoms with Crippen molar-refractivity contribution in [3.63, 3.8) is 0 Å². The van der Waals surface area contributed by atoms with Crippen LogP contribution in [0.4, 0.5) is 5.82 Å². The van der Waals surface area contributed by atoms with E-state index in [9.17, 15) is 4.79 Å². The Labute approximate surface area is 103 Å². The number of nitrogens with zero attached hydrogens (tertiary/aromatic N) is 4. The highest BCUT2D eigenvalue weighted by molar-refractivity contribution is 6.33. The molecule has 0 saturated carbocycles. The van der Waals surface area contributed by atoms with Gasteiger partial charge in [-0.05, 0) is 6.07 Å². The molecule has 0 spiro atoms. The molecule has 0 fully saturated rings. The Bertz CT molecular complexity index is 500. The highest BCUT2D eigenvalue weighted by atomic mass is 35.5. The van der Waals surface area contributed by atoms with E-state index >= 15 is 0 Å². The van der Waals surface area contributed by atoms with Gasteiger partial charge in [0.2, 0.25) is 0 Å². The zero-order valence-corrected chi connectivity index (χ0v) is 9.48.